The van der Waals surface area contributed by atoms with Gasteiger partial charge in [-0.05, 0) is 13.0 Å². The van der Waals surface area contributed by atoms with Gasteiger partial charge in [-0.15, -0.1) is 0 Å². The molecule has 0 aliphatic heterocycles. The van der Waals surface area contributed by atoms with Gasteiger partial charge >= 0.3 is 0 Å². The topological polar surface area (TPSA) is 92.4 Å². The van der Waals surface area contributed by atoms with Crippen LogP contribution in [0.4, 0.5) is 11.6 Å². The molecule has 0 radical (unpaired) electrons. The third kappa shape index (κ3) is 5.00. The van der Waals surface area contributed by atoms with Crippen molar-refractivity contribution in [2.45, 2.75) is 18.9 Å². The minimum absolute atomic E-state index is 0.273. The van der Waals surface area contributed by atoms with Gasteiger partial charge in [0.1, 0.15) is 5.82 Å². The van der Waals surface area contributed by atoms with Gasteiger partial charge in [0.2, 0.25) is 0 Å². The van der Waals surface area contributed by atoms with E-state index in [-0.39, 0.29) is 6.54 Å². The number of aliphatic hydroxyl groups is 1. The van der Waals surface area contributed by atoms with Gasteiger partial charge in [-0.25, -0.2) is 10.8 Å². The van der Waals surface area contributed by atoms with Gasteiger partial charge in [0.25, 0.3) is 0 Å². The van der Waals surface area contributed by atoms with Crippen LogP contribution in [0.1, 0.15) is 13.3 Å². The Kier molecular flexibility index (Phi) is 6.09. The number of pyridine rings is 1. The maximum Gasteiger partial charge on any atom is 0.161 e. The Balaban J connectivity index is 2.72. The van der Waals surface area contributed by atoms with Crippen LogP contribution < -0.4 is 16.6 Å². The monoisotopic (exact) mass is 308 g/mol. The molecule has 108 valence electrons. The van der Waals surface area contributed by atoms with Crippen molar-refractivity contribution in [2.24, 2.45) is 5.84 Å². The number of nitrogens with zero attached hydrogens (tertiary/aromatic N) is 1. The maximum absolute atomic E-state index is 10.1. The molecule has 19 heavy (non-hydrogen) atoms. The lowest BCUT2D eigenvalue weighted by Crippen LogP contribution is -2.35. The zero-order valence-electron chi connectivity index (χ0n) is 10.8. The Labute approximate surface area is 122 Å². The number of rotatable bonds is 7. The molecule has 1 aromatic heterocycles. The Morgan fingerprint density at radius 2 is 2.05 bits per heavy atom. The summed E-state index contributed by atoms with van der Waals surface area (Å²) in [6, 6.07) is 1.53. The number of methoxy groups -OCH3 is 1. The molecule has 0 spiro atoms. The van der Waals surface area contributed by atoms with Crippen LogP contribution in [-0.4, -0.2) is 36.0 Å². The fourth-order valence-corrected chi connectivity index (χ4v) is 1.86. The van der Waals surface area contributed by atoms with Gasteiger partial charge in [-0.2, -0.15) is 0 Å². The quantitative estimate of drug-likeness (QED) is 0.454. The summed E-state index contributed by atoms with van der Waals surface area (Å²) in [6.07, 6.45) is 0.490. The van der Waals surface area contributed by atoms with Gasteiger partial charge in [-0.1, -0.05) is 23.2 Å². The lowest BCUT2D eigenvalue weighted by Gasteiger charge is -2.24. The summed E-state index contributed by atoms with van der Waals surface area (Å²) in [5, 5.41) is 13.7. The summed E-state index contributed by atoms with van der Waals surface area (Å²) in [4.78, 5) is 4.12. The van der Waals surface area contributed by atoms with E-state index >= 15 is 0 Å². The van der Waals surface area contributed by atoms with Crippen LogP contribution in [0.3, 0.4) is 0 Å². The number of hydrazine groups is 1. The van der Waals surface area contributed by atoms with Crippen molar-refractivity contribution in [3.63, 3.8) is 0 Å². The van der Waals surface area contributed by atoms with E-state index in [1.54, 1.807) is 14.0 Å². The number of ether oxygens (including phenoxy) is 1. The summed E-state index contributed by atoms with van der Waals surface area (Å²) in [5.41, 5.74) is 1.44. The van der Waals surface area contributed by atoms with Crippen molar-refractivity contribution < 1.29 is 9.84 Å². The predicted molar refractivity (Wildman–Crippen MR) is 77.7 cm³/mol. The molecule has 0 amide bonds. The molecule has 1 heterocycles. The molecular weight excluding hydrogens is 291 g/mol. The first-order chi connectivity index (χ1) is 8.89. The van der Waals surface area contributed by atoms with Crippen LogP contribution in [0.2, 0.25) is 10.0 Å². The lowest BCUT2D eigenvalue weighted by atomic mass is 10.0. The lowest BCUT2D eigenvalue weighted by molar-refractivity contribution is 0.0357. The van der Waals surface area contributed by atoms with E-state index in [0.29, 0.717) is 34.7 Å². The first-order valence-corrected chi connectivity index (χ1v) is 6.43. The SMILES string of the molecule is COCCC(C)(O)CNc1nc(NN)c(Cl)cc1Cl. The third-order valence-electron chi connectivity index (χ3n) is 2.55. The molecule has 0 fully saturated rings. The standard InChI is InChI=1S/C11H18Cl2N4O2/c1-11(18,3-4-19-2)6-15-9-7(12)5-8(13)10(16-9)17-14/h5,18H,3-4,6,14H2,1-2H3,(H2,15,16,17). The highest BCUT2D eigenvalue weighted by atomic mass is 35.5. The number of nitrogens with two attached hydrogens (primary N) is 1. The zero-order valence-corrected chi connectivity index (χ0v) is 12.3. The Hall–Kier alpha value is -0.790. The predicted octanol–water partition coefficient (Wildman–Crippen LogP) is 1.87. The van der Waals surface area contributed by atoms with Crippen molar-refractivity contribution >= 4 is 34.8 Å². The Bertz CT molecular complexity index is 429. The molecule has 1 unspecified atom stereocenters. The van der Waals surface area contributed by atoms with Crippen LogP contribution in [0, 0.1) is 0 Å². The van der Waals surface area contributed by atoms with Gasteiger partial charge in [0.05, 0.1) is 15.6 Å². The van der Waals surface area contributed by atoms with Crippen molar-refractivity contribution in [1.82, 2.24) is 4.98 Å². The molecule has 0 aliphatic carbocycles. The molecule has 6 nitrogen and oxygen atoms in total. The van der Waals surface area contributed by atoms with E-state index in [9.17, 15) is 5.11 Å². The van der Waals surface area contributed by atoms with Crippen LogP contribution in [0.15, 0.2) is 6.07 Å². The molecule has 1 aromatic rings. The average Bonchev–Trinajstić information content (AvgIpc) is 2.35. The summed E-state index contributed by atoms with van der Waals surface area (Å²) >= 11 is 11.9. The van der Waals surface area contributed by atoms with Gasteiger partial charge in [0.15, 0.2) is 5.82 Å². The van der Waals surface area contributed by atoms with Gasteiger partial charge in [0, 0.05) is 26.7 Å². The summed E-state index contributed by atoms with van der Waals surface area (Å²) in [6.45, 7) is 2.44. The number of aromatic nitrogens is 1. The molecule has 1 atom stereocenters. The highest BCUT2D eigenvalue weighted by Crippen LogP contribution is 2.29. The molecule has 0 bridgehead atoms. The molecule has 0 saturated heterocycles. The van der Waals surface area contributed by atoms with E-state index in [1.165, 1.54) is 6.07 Å². The number of nitrogen functional groups attached to an aromatic ring is 1. The van der Waals surface area contributed by atoms with Crippen molar-refractivity contribution in [3.8, 4) is 0 Å². The summed E-state index contributed by atoms with van der Waals surface area (Å²) < 4.78 is 4.93. The fourth-order valence-electron chi connectivity index (χ4n) is 1.38. The van der Waals surface area contributed by atoms with Gasteiger partial charge < -0.3 is 20.6 Å². The van der Waals surface area contributed by atoms with Crippen LogP contribution >= 0.6 is 23.2 Å². The molecule has 0 saturated carbocycles. The molecule has 5 N–H and O–H groups in total. The van der Waals surface area contributed by atoms with E-state index < -0.39 is 5.60 Å². The number of hydrogen-bond donors (Lipinski definition) is 4. The van der Waals surface area contributed by atoms with Crippen LogP contribution in [0.5, 0.6) is 0 Å². The van der Waals surface area contributed by atoms with Crippen molar-refractivity contribution in [3.05, 3.63) is 16.1 Å². The number of anilines is 2. The highest BCUT2D eigenvalue weighted by Gasteiger charge is 2.20. The molecule has 8 heteroatoms. The maximum atomic E-state index is 10.1. The molecule has 0 aliphatic rings. The first kappa shape index (κ1) is 16.3. The fraction of sp³-hybridized carbons (Fsp3) is 0.545. The van der Waals surface area contributed by atoms with E-state index in [2.05, 4.69) is 15.7 Å². The molecule has 0 aromatic carbocycles. The normalized spacial score (nSPS) is 14.0. The Morgan fingerprint density at radius 1 is 1.42 bits per heavy atom. The summed E-state index contributed by atoms with van der Waals surface area (Å²) in [7, 11) is 1.58. The Morgan fingerprint density at radius 3 is 2.63 bits per heavy atom. The average molecular weight is 309 g/mol. The van der Waals surface area contributed by atoms with Crippen molar-refractivity contribution in [2.75, 3.05) is 31.0 Å². The van der Waals surface area contributed by atoms with E-state index in [1.807, 2.05) is 0 Å². The van der Waals surface area contributed by atoms with E-state index in [0.717, 1.165) is 0 Å². The summed E-state index contributed by atoms with van der Waals surface area (Å²) in [5.74, 6) is 5.99. The van der Waals surface area contributed by atoms with E-state index in [4.69, 9.17) is 33.8 Å². The minimum Gasteiger partial charge on any atom is -0.388 e. The number of hydrogen-bond acceptors (Lipinski definition) is 6. The third-order valence-corrected chi connectivity index (χ3v) is 3.12. The van der Waals surface area contributed by atoms with Crippen LogP contribution in [-0.2, 0) is 4.74 Å². The highest BCUT2D eigenvalue weighted by molar-refractivity contribution is 6.37. The smallest absolute Gasteiger partial charge is 0.161 e. The molecule has 1 rings (SSSR count). The van der Waals surface area contributed by atoms with Crippen molar-refractivity contribution in [1.29, 1.82) is 0 Å². The minimum atomic E-state index is -0.934. The first-order valence-electron chi connectivity index (χ1n) is 5.67. The van der Waals surface area contributed by atoms with Crippen LogP contribution in [0.25, 0.3) is 0 Å². The van der Waals surface area contributed by atoms with Gasteiger partial charge in [-0.3, -0.25) is 0 Å². The second-order valence-electron chi connectivity index (χ2n) is 4.39. The largest absolute Gasteiger partial charge is 0.388 e. The second-order valence-corrected chi connectivity index (χ2v) is 5.20. The number of halogens is 2. The molecular formula is C11H18Cl2N4O2. The number of nitrogens with one attached hydrogen (secondary N) is 2. The second kappa shape index (κ2) is 7.12. The zero-order chi connectivity index (χ0) is 14.5.